The Labute approximate surface area is 134 Å². The van der Waals surface area contributed by atoms with Crippen LogP contribution < -0.4 is 0 Å². The Bertz CT molecular complexity index is 395. The van der Waals surface area contributed by atoms with Gasteiger partial charge in [-0.05, 0) is 13.8 Å². The SMILES string of the molecule is C=CCSC(=S)N(C)N=CC(C(=O)OCC)C(=O)OCC. The molecule has 0 aliphatic rings. The van der Waals surface area contributed by atoms with Gasteiger partial charge in [0.2, 0.25) is 0 Å². The van der Waals surface area contributed by atoms with Crippen molar-refractivity contribution in [1.29, 1.82) is 0 Å². The number of hydrogen-bond acceptors (Lipinski definition) is 7. The third-order valence-corrected chi connectivity index (χ3v) is 3.59. The predicted octanol–water partition coefficient (Wildman–Crippen LogP) is 1.85. The molecule has 0 radical (unpaired) electrons. The maximum Gasteiger partial charge on any atom is 0.325 e. The van der Waals surface area contributed by atoms with Gasteiger partial charge in [-0.3, -0.25) is 14.6 Å². The van der Waals surface area contributed by atoms with Crippen LogP contribution in [0.5, 0.6) is 0 Å². The number of esters is 2. The summed E-state index contributed by atoms with van der Waals surface area (Å²) >= 11 is 6.49. The molecular weight excluding hydrogens is 312 g/mol. The first kappa shape index (κ1) is 19.6. The molecule has 0 N–H and O–H groups in total. The van der Waals surface area contributed by atoms with Gasteiger partial charge >= 0.3 is 11.9 Å². The molecule has 0 unspecified atom stereocenters. The summed E-state index contributed by atoms with van der Waals surface area (Å²) in [4.78, 5) is 23.5. The van der Waals surface area contributed by atoms with Crippen molar-refractivity contribution in [2.75, 3.05) is 26.0 Å². The topological polar surface area (TPSA) is 68.2 Å². The van der Waals surface area contributed by atoms with Gasteiger partial charge in [-0.15, -0.1) is 6.58 Å². The molecule has 0 bridgehead atoms. The molecule has 0 aliphatic carbocycles. The maximum absolute atomic E-state index is 11.7. The van der Waals surface area contributed by atoms with Crippen LogP contribution in [0.15, 0.2) is 17.8 Å². The van der Waals surface area contributed by atoms with Crippen LogP contribution in [0.2, 0.25) is 0 Å². The van der Waals surface area contributed by atoms with Crippen molar-refractivity contribution in [3.05, 3.63) is 12.7 Å². The summed E-state index contributed by atoms with van der Waals surface area (Å²) in [6.45, 7) is 7.25. The number of ether oxygens (including phenoxy) is 2. The number of hydrazone groups is 1. The van der Waals surface area contributed by atoms with E-state index in [2.05, 4.69) is 11.7 Å². The number of carbonyl (C=O) groups excluding carboxylic acids is 2. The fourth-order valence-electron chi connectivity index (χ4n) is 1.12. The molecule has 8 heteroatoms. The van der Waals surface area contributed by atoms with Crippen LogP contribution in [0.3, 0.4) is 0 Å². The van der Waals surface area contributed by atoms with Gasteiger partial charge in [-0.25, -0.2) is 0 Å². The molecule has 0 aromatic heterocycles. The van der Waals surface area contributed by atoms with E-state index in [0.717, 1.165) is 0 Å². The molecule has 21 heavy (non-hydrogen) atoms. The van der Waals surface area contributed by atoms with Gasteiger partial charge in [0, 0.05) is 12.8 Å². The van der Waals surface area contributed by atoms with Crippen LogP contribution in [-0.4, -0.2) is 53.5 Å². The molecule has 0 aliphatic heterocycles. The molecule has 0 aromatic rings. The Kier molecular flexibility index (Phi) is 10.5. The zero-order valence-corrected chi connectivity index (χ0v) is 14.0. The Balaban J connectivity index is 4.81. The van der Waals surface area contributed by atoms with E-state index in [4.69, 9.17) is 21.7 Å². The third-order valence-electron chi connectivity index (χ3n) is 2.06. The molecule has 0 saturated heterocycles. The lowest BCUT2D eigenvalue weighted by molar-refractivity contribution is -0.157. The second-order valence-corrected chi connectivity index (χ2v) is 5.29. The van der Waals surface area contributed by atoms with Gasteiger partial charge in [0.1, 0.15) is 0 Å². The second-order valence-electron chi connectivity index (χ2n) is 3.64. The van der Waals surface area contributed by atoms with Crippen molar-refractivity contribution < 1.29 is 19.1 Å². The quantitative estimate of drug-likeness (QED) is 0.168. The van der Waals surface area contributed by atoms with Crippen molar-refractivity contribution >= 4 is 46.5 Å². The van der Waals surface area contributed by atoms with Crippen LogP contribution in [0.1, 0.15) is 13.8 Å². The number of nitrogens with zero attached hydrogens (tertiary/aromatic N) is 2. The Morgan fingerprint density at radius 3 is 2.29 bits per heavy atom. The monoisotopic (exact) mass is 332 g/mol. The van der Waals surface area contributed by atoms with Crippen molar-refractivity contribution in [2.24, 2.45) is 11.0 Å². The van der Waals surface area contributed by atoms with E-state index in [1.165, 1.54) is 23.0 Å². The maximum atomic E-state index is 11.7. The summed E-state index contributed by atoms with van der Waals surface area (Å²) in [5, 5.41) is 5.39. The highest BCUT2D eigenvalue weighted by atomic mass is 32.2. The van der Waals surface area contributed by atoms with Crippen molar-refractivity contribution in [3.63, 3.8) is 0 Å². The number of thiocarbonyl (C=S) groups is 1. The van der Waals surface area contributed by atoms with Crippen LogP contribution >= 0.6 is 24.0 Å². The smallest absolute Gasteiger partial charge is 0.325 e. The summed E-state index contributed by atoms with van der Waals surface area (Å²) < 4.78 is 10.2. The van der Waals surface area contributed by atoms with Crippen molar-refractivity contribution in [3.8, 4) is 0 Å². The third kappa shape index (κ3) is 7.81. The Morgan fingerprint density at radius 1 is 1.33 bits per heavy atom. The minimum absolute atomic E-state index is 0.173. The summed E-state index contributed by atoms with van der Waals surface area (Å²) in [6.07, 6.45) is 2.89. The van der Waals surface area contributed by atoms with E-state index in [1.54, 1.807) is 27.0 Å². The van der Waals surface area contributed by atoms with Crippen molar-refractivity contribution in [2.45, 2.75) is 13.8 Å². The Hall–Kier alpha value is -1.41. The summed E-state index contributed by atoms with van der Waals surface area (Å²) in [5.74, 6) is -1.94. The van der Waals surface area contributed by atoms with Crippen LogP contribution in [0, 0.1) is 5.92 Å². The zero-order valence-electron chi connectivity index (χ0n) is 12.4. The molecule has 0 heterocycles. The minimum Gasteiger partial charge on any atom is -0.465 e. The molecule has 0 atom stereocenters. The first-order valence-corrected chi connectivity index (χ1v) is 7.76. The fourth-order valence-corrected chi connectivity index (χ4v) is 1.87. The van der Waals surface area contributed by atoms with E-state index in [-0.39, 0.29) is 13.2 Å². The highest BCUT2D eigenvalue weighted by molar-refractivity contribution is 8.23. The molecule has 0 saturated carbocycles. The standard InChI is InChI=1S/C13H20N2O4S2/c1-5-8-21-13(20)15(4)14-9-10(11(16)18-6-2)12(17)19-7-3/h5,9-10H,1,6-8H2,2-4H3. The van der Waals surface area contributed by atoms with Crippen LogP contribution in [-0.2, 0) is 19.1 Å². The van der Waals surface area contributed by atoms with Gasteiger partial charge in [0.05, 0.1) is 19.4 Å². The molecular formula is C13H20N2O4S2. The first-order valence-electron chi connectivity index (χ1n) is 6.36. The molecule has 0 spiro atoms. The van der Waals surface area contributed by atoms with Crippen LogP contribution in [0.25, 0.3) is 0 Å². The lowest BCUT2D eigenvalue weighted by atomic mass is 10.2. The van der Waals surface area contributed by atoms with Gasteiger partial charge < -0.3 is 9.47 Å². The van der Waals surface area contributed by atoms with E-state index in [9.17, 15) is 9.59 Å². The minimum atomic E-state index is -1.19. The normalized spacial score (nSPS) is 10.5. The molecule has 0 amide bonds. The first-order chi connectivity index (χ1) is 9.97. The van der Waals surface area contributed by atoms with Crippen molar-refractivity contribution in [1.82, 2.24) is 5.01 Å². The zero-order chi connectivity index (χ0) is 16.3. The highest BCUT2D eigenvalue weighted by Crippen LogP contribution is 2.09. The van der Waals surface area contributed by atoms with Gasteiger partial charge in [0.25, 0.3) is 0 Å². The largest absolute Gasteiger partial charge is 0.465 e. The predicted molar refractivity (Wildman–Crippen MR) is 88.3 cm³/mol. The summed E-state index contributed by atoms with van der Waals surface area (Å²) in [7, 11) is 1.63. The second kappa shape index (κ2) is 11.3. The lowest BCUT2D eigenvalue weighted by Gasteiger charge is -2.14. The van der Waals surface area contributed by atoms with E-state index < -0.39 is 17.9 Å². The Morgan fingerprint density at radius 2 is 1.86 bits per heavy atom. The number of thioether (sulfide) groups is 1. The summed E-state index contributed by atoms with van der Waals surface area (Å²) in [6, 6.07) is 0. The molecule has 0 rings (SSSR count). The number of hydrogen-bond donors (Lipinski definition) is 0. The highest BCUT2D eigenvalue weighted by Gasteiger charge is 2.28. The number of rotatable bonds is 8. The molecule has 0 fully saturated rings. The summed E-state index contributed by atoms with van der Waals surface area (Å²) in [5.41, 5.74) is 0. The molecule has 0 aromatic carbocycles. The van der Waals surface area contributed by atoms with Gasteiger partial charge in [-0.1, -0.05) is 30.1 Å². The lowest BCUT2D eigenvalue weighted by Crippen LogP contribution is -2.30. The van der Waals surface area contributed by atoms with Gasteiger partial charge in [0.15, 0.2) is 10.2 Å². The fraction of sp³-hybridized carbons (Fsp3) is 0.538. The van der Waals surface area contributed by atoms with E-state index in [1.807, 2.05) is 0 Å². The average molecular weight is 332 g/mol. The van der Waals surface area contributed by atoms with E-state index in [0.29, 0.717) is 10.1 Å². The van der Waals surface area contributed by atoms with Gasteiger partial charge in [-0.2, -0.15) is 5.10 Å². The van der Waals surface area contributed by atoms with E-state index >= 15 is 0 Å². The number of carbonyl (C=O) groups is 2. The average Bonchev–Trinajstić information content (AvgIpc) is 2.45. The molecule has 6 nitrogen and oxygen atoms in total. The van der Waals surface area contributed by atoms with Crippen LogP contribution in [0.4, 0.5) is 0 Å². The molecule has 118 valence electrons.